The zero-order valence-electron chi connectivity index (χ0n) is 17.3. The molecule has 3 aromatic carbocycles. The van der Waals surface area contributed by atoms with E-state index in [4.69, 9.17) is 28.2 Å². The van der Waals surface area contributed by atoms with Crippen molar-refractivity contribution >= 4 is 34.8 Å². The molecule has 1 aromatic heterocycles. The average Bonchev–Trinajstić information content (AvgIpc) is 2.87. The highest BCUT2D eigenvalue weighted by molar-refractivity contribution is 6.43. The van der Waals surface area contributed by atoms with Gasteiger partial charge in [0.05, 0.1) is 15.7 Å². The minimum absolute atomic E-state index is 0.572. The topological polar surface area (TPSA) is 45.2 Å². The van der Waals surface area contributed by atoms with Crippen LogP contribution in [0.3, 0.4) is 0 Å². The molecular formula is C25H21Cl2N5. The van der Waals surface area contributed by atoms with Gasteiger partial charge in [-0.3, -0.25) is 0 Å². The van der Waals surface area contributed by atoms with Crippen molar-refractivity contribution in [3.63, 3.8) is 0 Å². The fourth-order valence-electron chi connectivity index (χ4n) is 3.92. The Balaban J connectivity index is 1.43. The summed E-state index contributed by atoms with van der Waals surface area (Å²) in [5, 5.41) is 10.3. The second-order valence-electron chi connectivity index (χ2n) is 7.59. The predicted molar refractivity (Wildman–Crippen MR) is 132 cm³/mol. The van der Waals surface area contributed by atoms with Crippen molar-refractivity contribution in [1.29, 1.82) is 0 Å². The second kappa shape index (κ2) is 9.15. The van der Waals surface area contributed by atoms with Crippen LogP contribution in [0.15, 0.2) is 78.9 Å². The Morgan fingerprint density at radius 3 is 1.84 bits per heavy atom. The first-order valence-corrected chi connectivity index (χ1v) is 11.3. The van der Waals surface area contributed by atoms with E-state index in [1.54, 1.807) is 0 Å². The SMILES string of the molecule is Clc1cccc(N2CCN(c3nnc(-c4ccccc4)c(-c4ccccc4)n3)CC2)c1Cl. The maximum atomic E-state index is 6.42. The van der Waals surface area contributed by atoms with Gasteiger partial charge in [-0.25, -0.2) is 4.98 Å². The van der Waals surface area contributed by atoms with E-state index in [1.165, 1.54) is 0 Å². The van der Waals surface area contributed by atoms with Crippen LogP contribution < -0.4 is 9.80 Å². The fraction of sp³-hybridized carbons (Fsp3) is 0.160. The molecule has 0 saturated carbocycles. The van der Waals surface area contributed by atoms with Crippen LogP contribution in [0.25, 0.3) is 22.5 Å². The van der Waals surface area contributed by atoms with Gasteiger partial charge in [-0.05, 0) is 12.1 Å². The Bertz CT molecular complexity index is 1210. The Morgan fingerprint density at radius 2 is 1.19 bits per heavy atom. The van der Waals surface area contributed by atoms with Gasteiger partial charge in [0.15, 0.2) is 0 Å². The van der Waals surface area contributed by atoms with Crippen molar-refractivity contribution in [2.75, 3.05) is 36.0 Å². The summed E-state index contributed by atoms with van der Waals surface area (Å²) in [6, 6.07) is 25.9. The molecule has 7 heteroatoms. The molecule has 1 aliphatic heterocycles. The predicted octanol–water partition coefficient (Wildman–Crippen LogP) is 5.84. The zero-order chi connectivity index (χ0) is 21.9. The summed E-state index contributed by atoms with van der Waals surface area (Å²) < 4.78 is 0. The Kier molecular flexibility index (Phi) is 5.93. The normalized spacial score (nSPS) is 13.9. The summed E-state index contributed by atoms with van der Waals surface area (Å²) in [7, 11) is 0. The lowest BCUT2D eigenvalue weighted by Crippen LogP contribution is -2.47. The van der Waals surface area contributed by atoms with Crippen LogP contribution in [-0.4, -0.2) is 41.4 Å². The molecule has 0 bridgehead atoms. The van der Waals surface area contributed by atoms with E-state index in [0.717, 1.165) is 54.4 Å². The van der Waals surface area contributed by atoms with Crippen LogP contribution in [0.4, 0.5) is 11.6 Å². The molecule has 1 saturated heterocycles. The summed E-state index contributed by atoms with van der Waals surface area (Å²) in [5.41, 5.74) is 4.60. The molecule has 0 N–H and O–H groups in total. The van der Waals surface area contributed by atoms with Crippen molar-refractivity contribution in [1.82, 2.24) is 15.2 Å². The number of aromatic nitrogens is 3. The van der Waals surface area contributed by atoms with E-state index in [2.05, 4.69) is 32.1 Å². The summed E-state index contributed by atoms with van der Waals surface area (Å²) in [4.78, 5) is 9.37. The quantitative estimate of drug-likeness (QED) is 0.381. The van der Waals surface area contributed by atoms with Crippen LogP contribution >= 0.6 is 23.2 Å². The van der Waals surface area contributed by atoms with E-state index in [0.29, 0.717) is 16.0 Å². The number of hydrogen-bond acceptors (Lipinski definition) is 5. The number of nitrogens with zero attached hydrogens (tertiary/aromatic N) is 5. The number of rotatable bonds is 4. The first kappa shape index (κ1) is 20.7. The number of anilines is 2. The maximum Gasteiger partial charge on any atom is 0.246 e. The van der Waals surface area contributed by atoms with Crippen LogP contribution in [-0.2, 0) is 0 Å². The summed E-state index contributed by atoms with van der Waals surface area (Å²) in [6.45, 7) is 3.13. The second-order valence-corrected chi connectivity index (χ2v) is 8.37. The van der Waals surface area contributed by atoms with Gasteiger partial charge in [0.2, 0.25) is 5.95 Å². The molecule has 160 valence electrons. The van der Waals surface area contributed by atoms with Gasteiger partial charge < -0.3 is 9.80 Å². The minimum Gasteiger partial charge on any atom is -0.367 e. The highest BCUT2D eigenvalue weighted by Crippen LogP contribution is 2.34. The van der Waals surface area contributed by atoms with E-state index >= 15 is 0 Å². The molecule has 1 aliphatic rings. The van der Waals surface area contributed by atoms with Crippen molar-refractivity contribution < 1.29 is 0 Å². The molecule has 0 amide bonds. The first-order valence-electron chi connectivity index (χ1n) is 10.5. The molecule has 0 unspecified atom stereocenters. The van der Waals surface area contributed by atoms with Crippen molar-refractivity contribution in [3.8, 4) is 22.5 Å². The average molecular weight is 462 g/mol. The molecule has 0 radical (unpaired) electrons. The summed E-state index contributed by atoms with van der Waals surface area (Å²) in [5.74, 6) is 0.639. The van der Waals surface area contributed by atoms with E-state index < -0.39 is 0 Å². The minimum atomic E-state index is 0.572. The third-order valence-corrected chi connectivity index (χ3v) is 6.41. The van der Waals surface area contributed by atoms with Gasteiger partial charge in [0.1, 0.15) is 11.4 Å². The first-order chi connectivity index (χ1) is 15.7. The lowest BCUT2D eigenvalue weighted by molar-refractivity contribution is 0.635. The van der Waals surface area contributed by atoms with Crippen LogP contribution in [0, 0.1) is 0 Å². The number of benzene rings is 3. The third kappa shape index (κ3) is 4.14. The van der Waals surface area contributed by atoms with E-state index in [-0.39, 0.29) is 0 Å². The van der Waals surface area contributed by atoms with Crippen LogP contribution in [0.2, 0.25) is 10.0 Å². The van der Waals surface area contributed by atoms with Gasteiger partial charge in [-0.2, -0.15) is 0 Å². The number of piperazine rings is 1. The molecule has 2 heterocycles. The van der Waals surface area contributed by atoms with Gasteiger partial charge in [-0.15, -0.1) is 10.2 Å². The van der Waals surface area contributed by atoms with Gasteiger partial charge in [-0.1, -0.05) is 89.9 Å². The van der Waals surface area contributed by atoms with Crippen LogP contribution in [0.5, 0.6) is 0 Å². The number of halogens is 2. The molecular weight excluding hydrogens is 441 g/mol. The molecule has 0 spiro atoms. The molecule has 5 nitrogen and oxygen atoms in total. The van der Waals surface area contributed by atoms with Crippen LogP contribution in [0.1, 0.15) is 0 Å². The standard InChI is InChI=1S/C25H21Cl2N5/c26-20-12-7-13-21(22(20)27)31-14-16-32(17-15-31)25-28-23(18-8-3-1-4-9-18)24(29-30-25)19-10-5-2-6-11-19/h1-13H,14-17H2. The van der Waals surface area contributed by atoms with Gasteiger partial charge in [0.25, 0.3) is 0 Å². The Hall–Kier alpha value is -3.15. The molecule has 5 rings (SSSR count). The smallest absolute Gasteiger partial charge is 0.246 e. The largest absolute Gasteiger partial charge is 0.367 e. The van der Waals surface area contributed by atoms with Crippen molar-refractivity contribution in [3.05, 3.63) is 88.9 Å². The lowest BCUT2D eigenvalue weighted by Gasteiger charge is -2.36. The molecule has 1 fully saturated rings. The summed E-state index contributed by atoms with van der Waals surface area (Å²) in [6.07, 6.45) is 0. The highest BCUT2D eigenvalue weighted by atomic mass is 35.5. The molecule has 0 aliphatic carbocycles. The Labute approximate surface area is 197 Å². The molecule has 32 heavy (non-hydrogen) atoms. The highest BCUT2D eigenvalue weighted by Gasteiger charge is 2.23. The van der Waals surface area contributed by atoms with Crippen molar-refractivity contribution in [2.45, 2.75) is 0 Å². The molecule has 0 atom stereocenters. The zero-order valence-corrected chi connectivity index (χ0v) is 18.8. The third-order valence-electron chi connectivity index (χ3n) is 5.60. The fourth-order valence-corrected chi connectivity index (χ4v) is 4.34. The summed E-state index contributed by atoms with van der Waals surface area (Å²) >= 11 is 12.6. The van der Waals surface area contributed by atoms with Gasteiger partial charge in [0, 0.05) is 37.3 Å². The van der Waals surface area contributed by atoms with Crippen molar-refractivity contribution in [2.24, 2.45) is 0 Å². The molecule has 4 aromatic rings. The van der Waals surface area contributed by atoms with E-state index in [9.17, 15) is 0 Å². The lowest BCUT2D eigenvalue weighted by atomic mass is 10.0. The van der Waals surface area contributed by atoms with Gasteiger partial charge >= 0.3 is 0 Å². The number of hydrogen-bond donors (Lipinski definition) is 0. The van der Waals surface area contributed by atoms with E-state index in [1.807, 2.05) is 66.7 Å². The monoisotopic (exact) mass is 461 g/mol. The Morgan fingerprint density at radius 1 is 0.594 bits per heavy atom. The maximum absolute atomic E-state index is 6.42.